The Bertz CT molecular complexity index is 664. The zero-order chi connectivity index (χ0) is 16.1. The van der Waals surface area contributed by atoms with Crippen molar-refractivity contribution in [3.05, 3.63) is 46.5 Å². The van der Waals surface area contributed by atoms with E-state index >= 15 is 0 Å². The predicted molar refractivity (Wildman–Crippen MR) is 87.8 cm³/mol. The summed E-state index contributed by atoms with van der Waals surface area (Å²) < 4.78 is 0. The van der Waals surface area contributed by atoms with Crippen molar-refractivity contribution in [3.8, 4) is 0 Å². The number of thiazole rings is 1. The van der Waals surface area contributed by atoms with Gasteiger partial charge in [-0.2, -0.15) is 0 Å². The van der Waals surface area contributed by atoms with E-state index in [1.54, 1.807) is 0 Å². The van der Waals surface area contributed by atoms with Crippen LogP contribution < -0.4 is 10.6 Å². The fraction of sp³-hybridized carbons (Fsp3) is 0.312. The number of hydrogen-bond donors (Lipinski definition) is 2. The highest BCUT2D eigenvalue weighted by atomic mass is 32.1. The highest BCUT2D eigenvalue weighted by Gasteiger charge is 2.17. The lowest BCUT2D eigenvalue weighted by Crippen LogP contribution is -2.29. The van der Waals surface area contributed by atoms with E-state index in [2.05, 4.69) is 15.6 Å². The van der Waals surface area contributed by atoms with Gasteiger partial charge in [-0.25, -0.2) is 4.98 Å². The number of rotatable bonds is 5. The molecule has 0 aliphatic carbocycles. The van der Waals surface area contributed by atoms with Crippen LogP contribution in [0, 0.1) is 13.8 Å². The minimum atomic E-state index is -0.348. The van der Waals surface area contributed by atoms with Crippen LogP contribution in [-0.4, -0.2) is 16.8 Å². The van der Waals surface area contributed by atoms with E-state index in [4.69, 9.17) is 0 Å². The van der Waals surface area contributed by atoms with Gasteiger partial charge >= 0.3 is 0 Å². The van der Waals surface area contributed by atoms with E-state index in [0.29, 0.717) is 5.13 Å². The van der Waals surface area contributed by atoms with Crippen molar-refractivity contribution in [1.29, 1.82) is 0 Å². The van der Waals surface area contributed by atoms with Gasteiger partial charge in [-0.05, 0) is 19.4 Å². The SMILES string of the molecule is CC(=O)NC(CC(=O)Nc1nc(C)cs1)c1ccc(C)cc1. The molecule has 1 unspecified atom stereocenters. The van der Waals surface area contributed by atoms with Gasteiger partial charge in [-0.1, -0.05) is 29.8 Å². The van der Waals surface area contributed by atoms with Gasteiger partial charge in [-0.3, -0.25) is 9.59 Å². The van der Waals surface area contributed by atoms with Crippen LogP contribution in [-0.2, 0) is 9.59 Å². The monoisotopic (exact) mass is 317 g/mol. The second kappa shape index (κ2) is 7.17. The molecule has 0 radical (unpaired) electrons. The van der Waals surface area contributed by atoms with Crippen LogP contribution in [0.2, 0.25) is 0 Å². The smallest absolute Gasteiger partial charge is 0.228 e. The lowest BCUT2D eigenvalue weighted by molar-refractivity contribution is -0.120. The first-order valence-corrected chi connectivity index (χ1v) is 7.87. The normalized spacial score (nSPS) is 11.8. The minimum absolute atomic E-state index is 0.163. The minimum Gasteiger partial charge on any atom is -0.349 e. The molecule has 0 aliphatic rings. The van der Waals surface area contributed by atoms with E-state index in [1.807, 2.05) is 43.5 Å². The molecule has 0 aliphatic heterocycles. The number of anilines is 1. The van der Waals surface area contributed by atoms with Crippen molar-refractivity contribution in [2.24, 2.45) is 0 Å². The summed E-state index contributed by atoms with van der Waals surface area (Å²) >= 11 is 1.39. The van der Waals surface area contributed by atoms with Gasteiger partial charge < -0.3 is 10.6 Å². The van der Waals surface area contributed by atoms with Gasteiger partial charge in [0.25, 0.3) is 0 Å². The van der Waals surface area contributed by atoms with Gasteiger partial charge in [0.15, 0.2) is 5.13 Å². The summed E-state index contributed by atoms with van der Waals surface area (Å²) in [7, 11) is 0. The molecule has 1 atom stereocenters. The molecule has 22 heavy (non-hydrogen) atoms. The van der Waals surface area contributed by atoms with Crippen molar-refractivity contribution < 1.29 is 9.59 Å². The zero-order valence-electron chi connectivity index (χ0n) is 12.8. The fourth-order valence-electron chi connectivity index (χ4n) is 2.06. The van der Waals surface area contributed by atoms with Crippen LogP contribution >= 0.6 is 11.3 Å². The van der Waals surface area contributed by atoms with Crippen LogP contribution in [0.15, 0.2) is 29.6 Å². The Morgan fingerprint density at radius 2 is 1.91 bits per heavy atom. The molecular weight excluding hydrogens is 298 g/mol. The third-order valence-corrected chi connectivity index (χ3v) is 3.99. The molecule has 1 heterocycles. The highest BCUT2D eigenvalue weighted by molar-refractivity contribution is 7.13. The third-order valence-electron chi connectivity index (χ3n) is 3.11. The number of nitrogens with zero attached hydrogens (tertiary/aromatic N) is 1. The predicted octanol–water partition coefficient (Wildman–Crippen LogP) is 2.97. The van der Waals surface area contributed by atoms with Crippen molar-refractivity contribution in [3.63, 3.8) is 0 Å². The molecule has 2 amide bonds. The molecular formula is C16H19N3O2S. The molecule has 2 aromatic rings. The number of amides is 2. The molecule has 6 heteroatoms. The highest BCUT2D eigenvalue weighted by Crippen LogP contribution is 2.20. The van der Waals surface area contributed by atoms with E-state index in [1.165, 1.54) is 18.3 Å². The Hall–Kier alpha value is -2.21. The topological polar surface area (TPSA) is 71.1 Å². The number of aromatic nitrogens is 1. The first kappa shape index (κ1) is 16.2. The number of carbonyl (C=O) groups is 2. The number of nitrogens with one attached hydrogen (secondary N) is 2. The Morgan fingerprint density at radius 1 is 1.23 bits per heavy atom. The van der Waals surface area contributed by atoms with E-state index in [0.717, 1.165) is 16.8 Å². The van der Waals surface area contributed by atoms with E-state index < -0.39 is 0 Å². The molecule has 0 spiro atoms. The van der Waals surface area contributed by atoms with Crippen molar-refractivity contribution in [2.75, 3.05) is 5.32 Å². The molecule has 1 aromatic heterocycles. The number of carbonyl (C=O) groups excluding carboxylic acids is 2. The van der Waals surface area contributed by atoms with Gasteiger partial charge in [0, 0.05) is 12.3 Å². The maximum absolute atomic E-state index is 12.2. The summed E-state index contributed by atoms with van der Waals surface area (Å²) in [5, 5.41) is 8.04. The summed E-state index contributed by atoms with van der Waals surface area (Å²) in [4.78, 5) is 27.7. The van der Waals surface area contributed by atoms with Crippen LogP contribution in [0.3, 0.4) is 0 Å². The van der Waals surface area contributed by atoms with Gasteiger partial charge in [0.05, 0.1) is 18.2 Å². The summed E-state index contributed by atoms with van der Waals surface area (Å²) in [6.07, 6.45) is 0.168. The van der Waals surface area contributed by atoms with Crippen LogP contribution in [0.25, 0.3) is 0 Å². The van der Waals surface area contributed by atoms with E-state index in [-0.39, 0.29) is 24.3 Å². The molecule has 0 fully saturated rings. The lowest BCUT2D eigenvalue weighted by atomic mass is 10.0. The fourth-order valence-corrected chi connectivity index (χ4v) is 2.77. The molecule has 0 saturated heterocycles. The second-order valence-electron chi connectivity index (χ2n) is 5.21. The standard InChI is InChI=1S/C16H19N3O2S/c1-10-4-6-13(7-5-10)14(18-12(3)20)8-15(21)19-16-17-11(2)9-22-16/h4-7,9,14H,8H2,1-3H3,(H,18,20)(H,17,19,21). The summed E-state index contributed by atoms with van der Waals surface area (Å²) in [6.45, 7) is 5.32. The maximum Gasteiger partial charge on any atom is 0.228 e. The molecule has 1 aromatic carbocycles. The number of hydrogen-bond acceptors (Lipinski definition) is 4. The maximum atomic E-state index is 12.2. The Kier molecular flexibility index (Phi) is 5.27. The molecule has 116 valence electrons. The average Bonchev–Trinajstić information content (AvgIpc) is 2.83. The molecule has 2 N–H and O–H groups in total. The van der Waals surface area contributed by atoms with Crippen LogP contribution in [0.1, 0.15) is 36.2 Å². The summed E-state index contributed by atoms with van der Waals surface area (Å²) in [5.74, 6) is -0.336. The van der Waals surface area contributed by atoms with Crippen molar-refractivity contribution in [1.82, 2.24) is 10.3 Å². The van der Waals surface area contributed by atoms with Crippen molar-refractivity contribution >= 4 is 28.3 Å². The Morgan fingerprint density at radius 3 is 2.45 bits per heavy atom. The van der Waals surface area contributed by atoms with Crippen LogP contribution in [0.4, 0.5) is 5.13 Å². The average molecular weight is 317 g/mol. The summed E-state index contributed by atoms with van der Waals surface area (Å²) in [6, 6.07) is 7.44. The van der Waals surface area contributed by atoms with Crippen molar-refractivity contribution in [2.45, 2.75) is 33.2 Å². The number of aryl methyl sites for hydroxylation is 2. The van der Waals surface area contributed by atoms with Gasteiger partial charge in [-0.15, -0.1) is 11.3 Å². The first-order chi connectivity index (χ1) is 10.4. The molecule has 0 saturated carbocycles. The molecule has 5 nitrogen and oxygen atoms in total. The largest absolute Gasteiger partial charge is 0.349 e. The Labute approximate surface area is 133 Å². The van der Waals surface area contributed by atoms with Gasteiger partial charge in [0.1, 0.15) is 0 Å². The molecule has 0 bridgehead atoms. The quantitative estimate of drug-likeness (QED) is 0.890. The lowest BCUT2D eigenvalue weighted by Gasteiger charge is -2.18. The third kappa shape index (κ3) is 4.66. The zero-order valence-corrected chi connectivity index (χ0v) is 13.7. The van der Waals surface area contributed by atoms with Crippen LogP contribution in [0.5, 0.6) is 0 Å². The van der Waals surface area contributed by atoms with E-state index in [9.17, 15) is 9.59 Å². The summed E-state index contributed by atoms with van der Waals surface area (Å²) in [5.41, 5.74) is 2.91. The molecule has 2 rings (SSSR count). The van der Waals surface area contributed by atoms with Gasteiger partial charge in [0.2, 0.25) is 11.8 Å². The Balaban J connectivity index is 2.07. The second-order valence-corrected chi connectivity index (χ2v) is 6.07. The number of benzene rings is 1. The first-order valence-electron chi connectivity index (χ1n) is 6.99.